The van der Waals surface area contributed by atoms with Gasteiger partial charge in [-0.2, -0.15) is 0 Å². The zero-order valence-corrected chi connectivity index (χ0v) is 9.95. The molecular weight excluding hydrogens is 244 g/mol. The Kier molecular flexibility index (Phi) is 3.31. The fourth-order valence-corrected chi connectivity index (χ4v) is 1.85. The summed E-state index contributed by atoms with van der Waals surface area (Å²) < 4.78 is 5.95. The molecule has 1 aromatic carbocycles. The highest BCUT2D eigenvalue weighted by Gasteiger charge is 2.08. The molecular formula is C11H11ClN2O3. The van der Waals surface area contributed by atoms with Gasteiger partial charge in [-0.1, -0.05) is 17.7 Å². The third kappa shape index (κ3) is 2.11. The number of aromatic amines is 1. The van der Waals surface area contributed by atoms with Crippen LogP contribution in [0, 0.1) is 0 Å². The summed E-state index contributed by atoms with van der Waals surface area (Å²) in [4.78, 5) is 26.3. The quantitative estimate of drug-likeness (QED) is 0.888. The molecule has 5 nitrogen and oxygen atoms in total. The van der Waals surface area contributed by atoms with Gasteiger partial charge in [0.05, 0.1) is 29.1 Å². The molecule has 6 heteroatoms. The number of aromatic nitrogens is 2. The van der Waals surface area contributed by atoms with Gasteiger partial charge in [-0.3, -0.25) is 9.36 Å². The number of hydrogen-bond donors (Lipinski definition) is 1. The van der Waals surface area contributed by atoms with Gasteiger partial charge >= 0.3 is 5.69 Å². The van der Waals surface area contributed by atoms with Crippen LogP contribution in [0.25, 0.3) is 10.9 Å². The SMILES string of the molecule is COCCn1c(=O)[nH]c2c(Cl)cccc2c1=O. The maximum Gasteiger partial charge on any atom is 0.328 e. The second kappa shape index (κ2) is 4.73. The lowest BCUT2D eigenvalue weighted by atomic mass is 10.2. The summed E-state index contributed by atoms with van der Waals surface area (Å²) in [7, 11) is 1.51. The maximum absolute atomic E-state index is 12.0. The van der Waals surface area contributed by atoms with Crippen molar-refractivity contribution in [1.29, 1.82) is 0 Å². The summed E-state index contributed by atoms with van der Waals surface area (Å²) in [6.07, 6.45) is 0. The van der Waals surface area contributed by atoms with Crippen LogP contribution >= 0.6 is 11.6 Å². The van der Waals surface area contributed by atoms with Crippen molar-refractivity contribution in [3.05, 3.63) is 44.1 Å². The summed E-state index contributed by atoms with van der Waals surface area (Å²) in [6.45, 7) is 0.516. The molecule has 0 atom stereocenters. The molecule has 0 saturated heterocycles. The molecule has 2 rings (SSSR count). The standard InChI is InChI=1S/C11H11ClN2O3/c1-17-6-5-14-10(15)7-3-2-4-8(12)9(7)13-11(14)16/h2-4H,5-6H2,1H3,(H,13,16). The number of nitrogens with one attached hydrogen (secondary N) is 1. The van der Waals surface area contributed by atoms with Crippen molar-refractivity contribution in [2.45, 2.75) is 6.54 Å². The molecule has 0 radical (unpaired) electrons. The lowest BCUT2D eigenvalue weighted by molar-refractivity contribution is 0.185. The Morgan fingerprint density at radius 2 is 2.18 bits per heavy atom. The average Bonchev–Trinajstić information content (AvgIpc) is 2.31. The highest BCUT2D eigenvalue weighted by atomic mass is 35.5. The number of rotatable bonds is 3. The number of halogens is 1. The topological polar surface area (TPSA) is 64.1 Å². The number of hydrogen-bond acceptors (Lipinski definition) is 3. The molecule has 1 N–H and O–H groups in total. The lowest BCUT2D eigenvalue weighted by Crippen LogP contribution is -2.36. The number of nitrogens with zero attached hydrogens (tertiary/aromatic N) is 1. The van der Waals surface area contributed by atoms with Crippen molar-refractivity contribution in [2.75, 3.05) is 13.7 Å². The number of ether oxygens (including phenoxy) is 1. The van der Waals surface area contributed by atoms with Gasteiger partial charge in [-0.05, 0) is 12.1 Å². The summed E-state index contributed by atoms with van der Waals surface area (Å²) in [6, 6.07) is 4.92. The Morgan fingerprint density at radius 1 is 1.41 bits per heavy atom. The molecule has 0 fully saturated rings. The average molecular weight is 255 g/mol. The van der Waals surface area contributed by atoms with E-state index in [1.807, 2.05) is 0 Å². The first-order valence-electron chi connectivity index (χ1n) is 5.05. The van der Waals surface area contributed by atoms with Crippen molar-refractivity contribution in [3.8, 4) is 0 Å². The molecule has 2 aromatic rings. The van der Waals surface area contributed by atoms with E-state index in [0.717, 1.165) is 4.57 Å². The van der Waals surface area contributed by atoms with Crippen molar-refractivity contribution in [2.24, 2.45) is 0 Å². The number of methoxy groups -OCH3 is 1. The number of fused-ring (bicyclic) bond motifs is 1. The molecule has 1 aromatic heterocycles. The highest BCUT2D eigenvalue weighted by Crippen LogP contribution is 2.16. The first kappa shape index (κ1) is 11.9. The zero-order valence-electron chi connectivity index (χ0n) is 9.20. The summed E-state index contributed by atoms with van der Waals surface area (Å²) >= 11 is 5.91. The number of para-hydroxylation sites is 1. The Labute approximate surface area is 102 Å². The van der Waals surface area contributed by atoms with E-state index in [-0.39, 0.29) is 12.1 Å². The van der Waals surface area contributed by atoms with Gasteiger partial charge in [0, 0.05) is 7.11 Å². The summed E-state index contributed by atoms with van der Waals surface area (Å²) in [5.74, 6) is 0. The smallest absolute Gasteiger partial charge is 0.328 e. The van der Waals surface area contributed by atoms with Crippen LogP contribution in [0.4, 0.5) is 0 Å². The molecule has 0 spiro atoms. The van der Waals surface area contributed by atoms with E-state index in [2.05, 4.69) is 4.98 Å². The van der Waals surface area contributed by atoms with Crippen molar-refractivity contribution in [3.63, 3.8) is 0 Å². The van der Waals surface area contributed by atoms with Crippen LogP contribution in [-0.4, -0.2) is 23.3 Å². The Balaban J connectivity index is 2.73. The van der Waals surface area contributed by atoms with Crippen LogP contribution in [0.5, 0.6) is 0 Å². The normalized spacial score (nSPS) is 10.9. The van der Waals surface area contributed by atoms with Crippen LogP contribution in [0.2, 0.25) is 5.02 Å². The van der Waals surface area contributed by atoms with Gasteiger partial charge in [0.25, 0.3) is 5.56 Å². The van der Waals surface area contributed by atoms with Gasteiger partial charge < -0.3 is 9.72 Å². The van der Waals surface area contributed by atoms with E-state index in [1.165, 1.54) is 7.11 Å². The third-order valence-electron chi connectivity index (χ3n) is 2.49. The highest BCUT2D eigenvalue weighted by molar-refractivity contribution is 6.34. The molecule has 0 aliphatic rings. The van der Waals surface area contributed by atoms with E-state index < -0.39 is 5.69 Å². The molecule has 0 aliphatic carbocycles. The molecule has 0 aliphatic heterocycles. The third-order valence-corrected chi connectivity index (χ3v) is 2.80. The molecule has 1 heterocycles. The largest absolute Gasteiger partial charge is 0.383 e. The summed E-state index contributed by atoms with van der Waals surface area (Å²) in [5, 5.41) is 0.754. The first-order chi connectivity index (χ1) is 8.15. The van der Waals surface area contributed by atoms with E-state index in [9.17, 15) is 9.59 Å². The second-order valence-corrected chi connectivity index (χ2v) is 3.95. The zero-order chi connectivity index (χ0) is 12.4. The van der Waals surface area contributed by atoms with Crippen LogP contribution in [-0.2, 0) is 11.3 Å². The maximum atomic E-state index is 12.0. The minimum Gasteiger partial charge on any atom is -0.383 e. The summed E-state index contributed by atoms with van der Waals surface area (Å²) in [5.41, 5.74) is -0.464. The van der Waals surface area contributed by atoms with Crippen LogP contribution in [0.3, 0.4) is 0 Å². The minimum absolute atomic E-state index is 0.215. The molecule has 0 saturated carbocycles. The number of benzene rings is 1. The van der Waals surface area contributed by atoms with Crippen molar-refractivity contribution < 1.29 is 4.74 Å². The second-order valence-electron chi connectivity index (χ2n) is 3.54. The van der Waals surface area contributed by atoms with E-state index in [4.69, 9.17) is 16.3 Å². The molecule has 0 unspecified atom stereocenters. The predicted molar refractivity (Wildman–Crippen MR) is 65.7 cm³/mol. The lowest BCUT2D eigenvalue weighted by Gasteiger charge is -2.06. The molecule has 0 bridgehead atoms. The molecule has 0 amide bonds. The first-order valence-corrected chi connectivity index (χ1v) is 5.43. The van der Waals surface area contributed by atoms with Gasteiger partial charge in [0.1, 0.15) is 0 Å². The van der Waals surface area contributed by atoms with Crippen LogP contribution < -0.4 is 11.2 Å². The predicted octanol–water partition coefficient (Wildman–Crippen LogP) is 0.990. The van der Waals surface area contributed by atoms with Gasteiger partial charge in [-0.25, -0.2) is 4.79 Å². The van der Waals surface area contributed by atoms with Crippen LogP contribution in [0.1, 0.15) is 0 Å². The van der Waals surface area contributed by atoms with E-state index in [1.54, 1.807) is 18.2 Å². The Morgan fingerprint density at radius 3 is 2.88 bits per heavy atom. The Hall–Kier alpha value is -1.59. The van der Waals surface area contributed by atoms with E-state index in [0.29, 0.717) is 22.5 Å². The van der Waals surface area contributed by atoms with Crippen LogP contribution in [0.15, 0.2) is 27.8 Å². The number of H-pyrrole nitrogens is 1. The fourth-order valence-electron chi connectivity index (χ4n) is 1.63. The van der Waals surface area contributed by atoms with Crippen molar-refractivity contribution in [1.82, 2.24) is 9.55 Å². The van der Waals surface area contributed by atoms with Gasteiger partial charge in [0.15, 0.2) is 0 Å². The minimum atomic E-state index is -0.479. The van der Waals surface area contributed by atoms with Gasteiger partial charge in [0.2, 0.25) is 0 Å². The molecule has 17 heavy (non-hydrogen) atoms. The van der Waals surface area contributed by atoms with Gasteiger partial charge in [-0.15, -0.1) is 0 Å². The Bertz CT molecular complexity index is 660. The van der Waals surface area contributed by atoms with Crippen molar-refractivity contribution >= 4 is 22.5 Å². The fraction of sp³-hybridized carbons (Fsp3) is 0.273. The monoisotopic (exact) mass is 254 g/mol. The molecule has 90 valence electrons. The van der Waals surface area contributed by atoms with E-state index >= 15 is 0 Å².